The predicted octanol–water partition coefficient (Wildman–Crippen LogP) is 3.22. The van der Waals surface area contributed by atoms with Crippen molar-refractivity contribution in [2.24, 2.45) is 0 Å². The van der Waals surface area contributed by atoms with Crippen LogP contribution in [0.1, 0.15) is 6.92 Å². The van der Waals surface area contributed by atoms with Crippen molar-refractivity contribution < 1.29 is 4.79 Å². The topological polar surface area (TPSA) is 67.2 Å². The average Bonchev–Trinajstić information content (AvgIpc) is 2.42. The quantitative estimate of drug-likeness (QED) is 0.588. The van der Waals surface area contributed by atoms with E-state index in [9.17, 15) is 4.79 Å². The largest absolute Gasteiger partial charge is 0.397 e. The van der Waals surface area contributed by atoms with Crippen molar-refractivity contribution in [2.45, 2.75) is 6.92 Å². The lowest BCUT2D eigenvalue weighted by molar-refractivity contribution is -0.111. The van der Waals surface area contributed by atoms with Gasteiger partial charge in [0.15, 0.2) is 0 Å². The fourth-order valence-electron chi connectivity index (χ4n) is 1.76. The molecule has 0 aliphatic heterocycles. The Morgan fingerprint density at radius 2 is 1.65 bits per heavy atom. The summed E-state index contributed by atoms with van der Waals surface area (Å²) in [6, 6.07) is 16.7. The molecule has 0 radical (unpaired) electrons. The number of anilines is 3. The van der Waals surface area contributed by atoms with E-state index in [-0.39, 0.29) is 5.91 Å². The smallest absolute Gasteiger partial charge is 0.250 e. The number of rotatable bonds is 4. The van der Waals surface area contributed by atoms with Gasteiger partial charge in [0.1, 0.15) is 0 Å². The summed E-state index contributed by atoms with van der Waals surface area (Å²) in [4.78, 5) is 11.8. The van der Waals surface area contributed by atoms with Gasteiger partial charge in [-0.1, -0.05) is 30.3 Å². The van der Waals surface area contributed by atoms with E-state index in [0.717, 1.165) is 17.1 Å². The van der Waals surface area contributed by atoms with Crippen molar-refractivity contribution in [1.29, 1.82) is 0 Å². The Morgan fingerprint density at radius 3 is 2.35 bits per heavy atom. The number of benzene rings is 2. The second-order valence-corrected chi connectivity index (χ2v) is 4.39. The van der Waals surface area contributed by atoms with Gasteiger partial charge in [0, 0.05) is 17.5 Å². The Balaban J connectivity index is 2.00. The summed E-state index contributed by atoms with van der Waals surface area (Å²) in [6.07, 6.45) is 1.50. The zero-order valence-electron chi connectivity index (χ0n) is 11.3. The van der Waals surface area contributed by atoms with Gasteiger partial charge >= 0.3 is 0 Å². The van der Waals surface area contributed by atoms with E-state index in [1.807, 2.05) is 55.5 Å². The van der Waals surface area contributed by atoms with Crippen LogP contribution in [0.25, 0.3) is 0 Å². The first-order chi connectivity index (χ1) is 9.65. The monoisotopic (exact) mass is 267 g/mol. The number of para-hydroxylation sites is 3. The van der Waals surface area contributed by atoms with Crippen LogP contribution >= 0.6 is 0 Å². The molecular weight excluding hydrogens is 250 g/mol. The maximum atomic E-state index is 11.8. The highest BCUT2D eigenvalue weighted by Crippen LogP contribution is 2.18. The lowest BCUT2D eigenvalue weighted by Crippen LogP contribution is -2.10. The third kappa shape index (κ3) is 3.88. The first kappa shape index (κ1) is 13.7. The molecule has 0 spiro atoms. The van der Waals surface area contributed by atoms with Gasteiger partial charge in [-0.2, -0.15) is 0 Å². The summed E-state index contributed by atoms with van der Waals surface area (Å²) in [5.74, 6) is -0.185. The summed E-state index contributed by atoms with van der Waals surface area (Å²) in [5, 5.41) is 5.89. The zero-order valence-corrected chi connectivity index (χ0v) is 11.3. The minimum atomic E-state index is -0.185. The highest BCUT2D eigenvalue weighted by Gasteiger charge is 2.01. The Kier molecular flexibility index (Phi) is 4.39. The number of nitrogens with two attached hydrogens (primary N) is 1. The Labute approximate surface area is 118 Å². The molecule has 1 amide bonds. The van der Waals surface area contributed by atoms with Gasteiger partial charge in [-0.15, -0.1) is 0 Å². The van der Waals surface area contributed by atoms with E-state index in [1.165, 1.54) is 6.08 Å². The first-order valence-electron chi connectivity index (χ1n) is 6.31. The molecule has 0 saturated heterocycles. The Bertz CT molecular complexity index is 621. The highest BCUT2D eigenvalue weighted by atomic mass is 16.1. The lowest BCUT2D eigenvalue weighted by Gasteiger charge is -2.09. The van der Waals surface area contributed by atoms with Crippen LogP contribution in [0.4, 0.5) is 17.1 Å². The number of hydrogen-bond acceptors (Lipinski definition) is 3. The van der Waals surface area contributed by atoms with Crippen molar-refractivity contribution >= 4 is 23.0 Å². The van der Waals surface area contributed by atoms with Gasteiger partial charge in [0.25, 0.3) is 0 Å². The van der Waals surface area contributed by atoms with Crippen LogP contribution in [0.15, 0.2) is 66.4 Å². The average molecular weight is 267 g/mol. The molecule has 20 heavy (non-hydrogen) atoms. The summed E-state index contributed by atoms with van der Waals surface area (Å²) < 4.78 is 0. The van der Waals surface area contributed by atoms with Crippen LogP contribution in [0.2, 0.25) is 0 Å². The fraction of sp³-hybridized carbons (Fsp3) is 0.0625. The molecule has 0 aromatic heterocycles. The minimum Gasteiger partial charge on any atom is -0.397 e. The van der Waals surface area contributed by atoms with Crippen LogP contribution in [-0.4, -0.2) is 5.91 Å². The molecule has 102 valence electrons. The molecule has 0 bridgehead atoms. The molecule has 4 heteroatoms. The van der Waals surface area contributed by atoms with Crippen LogP contribution in [0.3, 0.4) is 0 Å². The number of nitrogen functional groups attached to an aromatic ring is 1. The molecule has 0 atom stereocenters. The molecule has 4 nitrogen and oxygen atoms in total. The number of carbonyl (C=O) groups excluding carboxylic acids is 1. The molecule has 4 N–H and O–H groups in total. The first-order valence-corrected chi connectivity index (χ1v) is 6.31. The van der Waals surface area contributed by atoms with Gasteiger partial charge < -0.3 is 16.4 Å². The molecule has 2 aromatic carbocycles. The Morgan fingerprint density at radius 1 is 1.00 bits per heavy atom. The number of hydrogen-bond donors (Lipinski definition) is 3. The standard InChI is InChI=1S/C16H17N3O/c1-12(18-15-10-6-5-9-14(15)17)11-16(20)19-13-7-3-2-4-8-13/h2-11,18H,17H2,1H3,(H,19,20). The second-order valence-electron chi connectivity index (χ2n) is 4.39. The number of carbonyl (C=O) groups is 1. The molecule has 2 rings (SSSR count). The van der Waals surface area contributed by atoms with Gasteiger partial charge in [-0.25, -0.2) is 0 Å². The molecule has 0 saturated carbocycles. The fourth-order valence-corrected chi connectivity index (χ4v) is 1.76. The maximum Gasteiger partial charge on any atom is 0.250 e. The second kappa shape index (κ2) is 6.43. The van der Waals surface area contributed by atoms with E-state index < -0.39 is 0 Å². The normalized spacial score (nSPS) is 10.9. The van der Waals surface area contributed by atoms with Gasteiger partial charge in [0.2, 0.25) is 5.91 Å². The van der Waals surface area contributed by atoms with Gasteiger partial charge in [-0.05, 0) is 31.2 Å². The van der Waals surface area contributed by atoms with E-state index in [4.69, 9.17) is 5.73 Å². The van der Waals surface area contributed by atoms with Crippen LogP contribution in [-0.2, 0) is 4.79 Å². The van der Waals surface area contributed by atoms with Crippen LogP contribution < -0.4 is 16.4 Å². The molecular formula is C16H17N3O. The third-order valence-corrected chi connectivity index (χ3v) is 2.68. The van der Waals surface area contributed by atoms with Crippen molar-refractivity contribution in [3.63, 3.8) is 0 Å². The summed E-state index contributed by atoms with van der Waals surface area (Å²) in [5.41, 5.74) is 8.74. The minimum absolute atomic E-state index is 0.185. The van der Waals surface area contributed by atoms with Crippen molar-refractivity contribution in [3.05, 3.63) is 66.4 Å². The van der Waals surface area contributed by atoms with E-state index in [0.29, 0.717) is 5.69 Å². The maximum absolute atomic E-state index is 11.8. The molecule has 2 aromatic rings. The van der Waals surface area contributed by atoms with Crippen molar-refractivity contribution in [3.8, 4) is 0 Å². The Hall–Kier alpha value is -2.75. The summed E-state index contributed by atoms with van der Waals surface area (Å²) >= 11 is 0. The summed E-state index contributed by atoms with van der Waals surface area (Å²) in [7, 11) is 0. The summed E-state index contributed by atoms with van der Waals surface area (Å²) in [6.45, 7) is 1.82. The van der Waals surface area contributed by atoms with E-state index in [2.05, 4.69) is 10.6 Å². The number of nitrogens with one attached hydrogen (secondary N) is 2. The third-order valence-electron chi connectivity index (χ3n) is 2.68. The van der Waals surface area contributed by atoms with Crippen molar-refractivity contribution in [2.75, 3.05) is 16.4 Å². The van der Waals surface area contributed by atoms with Crippen LogP contribution in [0.5, 0.6) is 0 Å². The van der Waals surface area contributed by atoms with Gasteiger partial charge in [0.05, 0.1) is 11.4 Å². The predicted molar refractivity (Wildman–Crippen MR) is 83.3 cm³/mol. The highest BCUT2D eigenvalue weighted by molar-refractivity contribution is 6.00. The molecule has 0 heterocycles. The molecule has 0 unspecified atom stereocenters. The molecule has 0 fully saturated rings. The number of allylic oxidation sites excluding steroid dienone is 1. The number of amides is 1. The van der Waals surface area contributed by atoms with Crippen molar-refractivity contribution in [1.82, 2.24) is 0 Å². The van der Waals surface area contributed by atoms with E-state index >= 15 is 0 Å². The van der Waals surface area contributed by atoms with E-state index in [1.54, 1.807) is 6.07 Å². The SMILES string of the molecule is CC(=CC(=O)Nc1ccccc1)Nc1ccccc1N. The molecule has 0 aliphatic carbocycles. The zero-order chi connectivity index (χ0) is 14.4. The molecule has 0 aliphatic rings. The van der Waals surface area contributed by atoms with Gasteiger partial charge in [-0.3, -0.25) is 4.79 Å². The van der Waals surface area contributed by atoms with Crippen LogP contribution in [0, 0.1) is 0 Å². The lowest BCUT2D eigenvalue weighted by atomic mass is 10.2.